The summed E-state index contributed by atoms with van der Waals surface area (Å²) in [5.41, 5.74) is 5.90. The third-order valence-corrected chi connectivity index (χ3v) is 2.87. The number of hydrogen-bond acceptors (Lipinski definition) is 4. The van der Waals surface area contributed by atoms with E-state index < -0.39 is 5.97 Å². The minimum Gasteiger partial charge on any atom is -0.477 e. The van der Waals surface area contributed by atoms with Crippen LogP contribution in [0.4, 0.5) is 0 Å². The number of nitrogens with one attached hydrogen (secondary N) is 2. The van der Waals surface area contributed by atoms with E-state index in [1.54, 1.807) is 0 Å². The van der Waals surface area contributed by atoms with Crippen LogP contribution in [0.5, 0.6) is 0 Å². The molecular weight excluding hydrogens is 260 g/mol. The minimum atomic E-state index is -1.13. The van der Waals surface area contributed by atoms with Gasteiger partial charge in [0.2, 0.25) is 5.91 Å². The zero-order valence-corrected chi connectivity index (χ0v) is 10.8. The molecule has 1 aliphatic heterocycles. The van der Waals surface area contributed by atoms with Crippen LogP contribution in [-0.2, 0) is 9.59 Å². The third-order valence-electron chi connectivity index (χ3n) is 2.87. The standard InChI is InChI=1S/C13H14N4O3/c1-8(13(19)20)14-16-12-10(7-11(18)15-17-12)9-5-3-2-4-6-9/h2-6,10H,7H2,1H3,(H,15,18)(H,16,17)(H,19,20)/b14-8+. The molecular formula is C13H14N4O3. The molecule has 1 atom stereocenters. The number of carboxylic acid groups (broad SMARTS) is 1. The molecule has 20 heavy (non-hydrogen) atoms. The van der Waals surface area contributed by atoms with Gasteiger partial charge in [0.1, 0.15) is 5.71 Å². The normalized spacial score (nSPS) is 21.2. The minimum absolute atomic E-state index is 0.122. The highest BCUT2D eigenvalue weighted by atomic mass is 16.4. The second-order valence-electron chi connectivity index (χ2n) is 4.32. The van der Waals surface area contributed by atoms with Crippen molar-refractivity contribution in [1.82, 2.24) is 10.9 Å². The van der Waals surface area contributed by atoms with Crippen molar-refractivity contribution in [3.63, 3.8) is 0 Å². The van der Waals surface area contributed by atoms with Crippen molar-refractivity contribution < 1.29 is 14.7 Å². The second-order valence-corrected chi connectivity index (χ2v) is 4.32. The number of amides is 1. The Morgan fingerprint density at radius 1 is 1.30 bits per heavy atom. The molecule has 1 aliphatic rings. The Hall–Kier alpha value is -2.70. The number of amidine groups is 1. The topological polar surface area (TPSA) is 103 Å². The van der Waals surface area contributed by atoms with Gasteiger partial charge in [-0.25, -0.2) is 4.79 Å². The molecule has 7 heteroatoms. The lowest BCUT2D eigenvalue weighted by molar-refractivity contribution is -0.129. The van der Waals surface area contributed by atoms with Gasteiger partial charge < -0.3 is 5.11 Å². The lowest BCUT2D eigenvalue weighted by atomic mass is 9.93. The van der Waals surface area contributed by atoms with Gasteiger partial charge in [0.25, 0.3) is 0 Å². The molecule has 0 aromatic heterocycles. The SMILES string of the molecule is C/C(=N\N=C1\NNC(=O)CC1c1ccccc1)C(=O)O. The number of benzene rings is 1. The second kappa shape index (κ2) is 5.96. The fourth-order valence-corrected chi connectivity index (χ4v) is 1.78. The van der Waals surface area contributed by atoms with E-state index in [2.05, 4.69) is 21.1 Å². The van der Waals surface area contributed by atoms with Crippen molar-refractivity contribution in [1.29, 1.82) is 0 Å². The van der Waals surface area contributed by atoms with E-state index in [4.69, 9.17) is 5.11 Å². The lowest BCUT2D eigenvalue weighted by Gasteiger charge is -2.25. The van der Waals surface area contributed by atoms with Crippen LogP contribution in [0.15, 0.2) is 40.5 Å². The molecule has 7 nitrogen and oxygen atoms in total. The smallest absolute Gasteiger partial charge is 0.351 e. The maximum atomic E-state index is 11.5. The summed E-state index contributed by atoms with van der Waals surface area (Å²) in [6.07, 6.45) is 0.234. The van der Waals surface area contributed by atoms with Crippen molar-refractivity contribution in [2.75, 3.05) is 0 Å². The van der Waals surface area contributed by atoms with Gasteiger partial charge in [-0.15, -0.1) is 10.2 Å². The molecule has 0 radical (unpaired) electrons. The molecule has 1 aromatic rings. The summed E-state index contributed by atoms with van der Waals surface area (Å²) >= 11 is 0. The molecule has 0 spiro atoms. The molecule has 1 fully saturated rings. The average molecular weight is 274 g/mol. The summed E-state index contributed by atoms with van der Waals surface area (Å²) < 4.78 is 0. The van der Waals surface area contributed by atoms with Crippen molar-refractivity contribution in [2.45, 2.75) is 19.3 Å². The quantitative estimate of drug-likeness (QED) is 0.556. The molecule has 0 saturated carbocycles. The Balaban J connectivity index is 2.30. The summed E-state index contributed by atoms with van der Waals surface area (Å²) in [6.45, 7) is 1.35. The number of carbonyl (C=O) groups excluding carboxylic acids is 1. The van der Waals surface area contributed by atoms with Crippen LogP contribution in [0, 0.1) is 0 Å². The van der Waals surface area contributed by atoms with Gasteiger partial charge in [-0.1, -0.05) is 30.3 Å². The van der Waals surface area contributed by atoms with E-state index >= 15 is 0 Å². The van der Waals surface area contributed by atoms with E-state index in [-0.39, 0.29) is 24.0 Å². The number of rotatable bonds is 3. The van der Waals surface area contributed by atoms with E-state index in [0.29, 0.717) is 5.84 Å². The summed E-state index contributed by atoms with van der Waals surface area (Å²) in [6, 6.07) is 9.38. The van der Waals surface area contributed by atoms with Gasteiger partial charge in [0, 0.05) is 6.42 Å². The van der Waals surface area contributed by atoms with Crippen LogP contribution in [0.25, 0.3) is 0 Å². The number of carboxylic acids is 1. The van der Waals surface area contributed by atoms with Gasteiger partial charge in [-0.3, -0.25) is 15.6 Å². The summed E-state index contributed by atoms with van der Waals surface area (Å²) in [5, 5.41) is 16.3. The molecule has 1 aromatic carbocycles. The average Bonchev–Trinajstić information content (AvgIpc) is 2.46. The Bertz CT molecular complexity index is 581. The van der Waals surface area contributed by atoms with E-state index in [1.807, 2.05) is 30.3 Å². The fraction of sp³-hybridized carbons (Fsp3) is 0.231. The van der Waals surface area contributed by atoms with Gasteiger partial charge >= 0.3 is 5.97 Å². The van der Waals surface area contributed by atoms with Crippen LogP contribution < -0.4 is 10.9 Å². The first kappa shape index (κ1) is 13.7. The Labute approximate surface area is 115 Å². The van der Waals surface area contributed by atoms with Gasteiger partial charge in [-0.2, -0.15) is 0 Å². The van der Waals surface area contributed by atoms with Crippen LogP contribution in [0.2, 0.25) is 0 Å². The lowest BCUT2D eigenvalue weighted by Crippen LogP contribution is -2.50. The Morgan fingerprint density at radius 2 is 2.00 bits per heavy atom. The molecule has 1 saturated heterocycles. The van der Waals surface area contributed by atoms with E-state index in [9.17, 15) is 9.59 Å². The maximum Gasteiger partial charge on any atom is 0.351 e. The van der Waals surface area contributed by atoms with Crippen molar-refractivity contribution >= 4 is 23.4 Å². The monoisotopic (exact) mass is 274 g/mol. The van der Waals surface area contributed by atoms with Crippen LogP contribution in [0.1, 0.15) is 24.8 Å². The van der Waals surface area contributed by atoms with E-state index in [1.165, 1.54) is 6.92 Å². The first-order valence-corrected chi connectivity index (χ1v) is 6.03. The molecule has 0 aliphatic carbocycles. The van der Waals surface area contributed by atoms with Crippen molar-refractivity contribution in [3.05, 3.63) is 35.9 Å². The molecule has 1 heterocycles. The fourth-order valence-electron chi connectivity index (χ4n) is 1.78. The van der Waals surface area contributed by atoms with Crippen LogP contribution in [0.3, 0.4) is 0 Å². The molecule has 2 rings (SSSR count). The van der Waals surface area contributed by atoms with Gasteiger partial charge in [0.05, 0.1) is 5.92 Å². The van der Waals surface area contributed by atoms with Gasteiger partial charge in [0.15, 0.2) is 5.84 Å². The highest BCUT2D eigenvalue weighted by Gasteiger charge is 2.26. The summed E-state index contributed by atoms with van der Waals surface area (Å²) in [4.78, 5) is 22.2. The molecule has 3 N–H and O–H groups in total. The number of carbonyl (C=O) groups is 2. The van der Waals surface area contributed by atoms with Crippen molar-refractivity contribution in [3.8, 4) is 0 Å². The highest BCUT2D eigenvalue weighted by molar-refractivity contribution is 6.34. The number of hydrazine groups is 1. The molecule has 104 valence electrons. The molecule has 1 unspecified atom stereocenters. The van der Waals surface area contributed by atoms with E-state index in [0.717, 1.165) is 5.56 Å². The highest BCUT2D eigenvalue weighted by Crippen LogP contribution is 2.22. The number of aliphatic carboxylic acids is 1. The zero-order chi connectivity index (χ0) is 14.5. The van der Waals surface area contributed by atoms with Gasteiger partial charge in [-0.05, 0) is 12.5 Å². The summed E-state index contributed by atoms with van der Waals surface area (Å²) in [7, 11) is 0. The molecule has 1 amide bonds. The first-order chi connectivity index (χ1) is 9.58. The first-order valence-electron chi connectivity index (χ1n) is 6.03. The van der Waals surface area contributed by atoms with Crippen LogP contribution in [-0.4, -0.2) is 28.5 Å². The predicted molar refractivity (Wildman–Crippen MR) is 73.3 cm³/mol. The summed E-state index contributed by atoms with van der Waals surface area (Å²) in [5.74, 6) is -1.14. The Kier molecular flexibility index (Phi) is 4.09. The zero-order valence-electron chi connectivity index (χ0n) is 10.8. The maximum absolute atomic E-state index is 11.5. The van der Waals surface area contributed by atoms with Crippen molar-refractivity contribution in [2.24, 2.45) is 10.2 Å². The largest absolute Gasteiger partial charge is 0.477 e. The predicted octanol–water partition coefficient (Wildman–Crippen LogP) is 0.654. The number of nitrogens with zero attached hydrogens (tertiary/aromatic N) is 2. The van der Waals surface area contributed by atoms with Crippen LogP contribution >= 0.6 is 0 Å². The molecule has 0 bridgehead atoms. The Morgan fingerprint density at radius 3 is 2.65 bits per heavy atom. The number of hydrogen-bond donors (Lipinski definition) is 3. The third kappa shape index (κ3) is 3.19.